The lowest BCUT2D eigenvalue weighted by molar-refractivity contribution is -0.122. The molecule has 4 rings (SSSR count). The summed E-state index contributed by atoms with van der Waals surface area (Å²) in [6.45, 7) is 6.13. The molecule has 20 heavy (non-hydrogen) atoms. The fraction of sp³-hybridized carbons (Fsp3) is 0.941. The van der Waals surface area contributed by atoms with Crippen LogP contribution >= 0.6 is 0 Å². The van der Waals surface area contributed by atoms with E-state index in [0.717, 1.165) is 24.2 Å². The molecule has 0 radical (unpaired) electrons. The Labute approximate surface area is 122 Å². The molecule has 0 aromatic heterocycles. The van der Waals surface area contributed by atoms with Crippen LogP contribution in [0.15, 0.2) is 0 Å². The van der Waals surface area contributed by atoms with E-state index in [4.69, 9.17) is 4.74 Å². The zero-order chi connectivity index (χ0) is 14.3. The van der Waals surface area contributed by atoms with Gasteiger partial charge in [-0.15, -0.1) is 0 Å². The minimum atomic E-state index is -0.220. The summed E-state index contributed by atoms with van der Waals surface area (Å²) in [6.07, 6.45) is 9.07. The molecular weight excluding hydrogens is 250 g/mol. The lowest BCUT2D eigenvalue weighted by Crippen LogP contribution is -2.53. The molecule has 4 aliphatic rings. The first-order valence-corrected chi connectivity index (χ1v) is 8.48. The molecule has 1 unspecified atom stereocenters. The predicted molar refractivity (Wildman–Crippen MR) is 79.4 cm³/mol. The number of carbonyl (C=O) groups excluding carboxylic acids is 1. The first-order chi connectivity index (χ1) is 9.50. The molecule has 3 nitrogen and oxygen atoms in total. The van der Waals surface area contributed by atoms with Gasteiger partial charge in [0.15, 0.2) is 0 Å². The summed E-state index contributed by atoms with van der Waals surface area (Å²) < 4.78 is 5.85. The summed E-state index contributed by atoms with van der Waals surface area (Å²) in [7, 11) is 0. The van der Waals surface area contributed by atoms with Crippen molar-refractivity contribution in [3.8, 4) is 0 Å². The number of carbonyl (C=O) groups is 1. The molecule has 1 atom stereocenters. The van der Waals surface area contributed by atoms with Crippen LogP contribution in [0.5, 0.6) is 0 Å². The summed E-state index contributed by atoms with van der Waals surface area (Å²) in [5.41, 5.74) is 0.303. The van der Waals surface area contributed by atoms with Gasteiger partial charge in [-0.05, 0) is 76.5 Å². The standard InChI is InChI=1S/C17H29NO2/c1-4-15(20-16(19)18-11(2)3)17-8-12-5-13(9-17)7-14(6-12)10-17/h11-15H,4-10H2,1-3H3,(H,18,19). The summed E-state index contributed by atoms with van der Waals surface area (Å²) in [5.74, 6) is 2.73. The molecule has 0 aromatic rings. The van der Waals surface area contributed by atoms with Crippen LogP contribution < -0.4 is 5.32 Å². The first kappa shape index (κ1) is 14.2. The maximum Gasteiger partial charge on any atom is 0.407 e. The zero-order valence-electron chi connectivity index (χ0n) is 13.2. The molecule has 0 aromatic carbocycles. The highest BCUT2D eigenvalue weighted by Gasteiger charge is 2.54. The van der Waals surface area contributed by atoms with Crippen LogP contribution in [-0.4, -0.2) is 18.2 Å². The molecule has 114 valence electrons. The number of nitrogens with one attached hydrogen (secondary N) is 1. The van der Waals surface area contributed by atoms with Gasteiger partial charge in [-0.1, -0.05) is 6.92 Å². The minimum absolute atomic E-state index is 0.120. The average Bonchev–Trinajstić information content (AvgIpc) is 2.33. The van der Waals surface area contributed by atoms with Gasteiger partial charge < -0.3 is 10.1 Å². The minimum Gasteiger partial charge on any atom is -0.446 e. The van der Waals surface area contributed by atoms with Gasteiger partial charge >= 0.3 is 6.09 Å². The van der Waals surface area contributed by atoms with Gasteiger partial charge in [-0.3, -0.25) is 0 Å². The third kappa shape index (κ3) is 2.56. The van der Waals surface area contributed by atoms with Gasteiger partial charge in [-0.25, -0.2) is 4.79 Å². The van der Waals surface area contributed by atoms with Gasteiger partial charge in [0, 0.05) is 11.5 Å². The molecule has 3 heteroatoms. The largest absolute Gasteiger partial charge is 0.446 e. The molecule has 1 N–H and O–H groups in total. The predicted octanol–water partition coefficient (Wildman–Crippen LogP) is 4.12. The second kappa shape index (κ2) is 5.23. The number of rotatable bonds is 4. The number of hydrogen-bond acceptors (Lipinski definition) is 2. The van der Waals surface area contributed by atoms with Gasteiger partial charge in [0.05, 0.1) is 0 Å². The topological polar surface area (TPSA) is 38.3 Å². The molecule has 4 saturated carbocycles. The molecule has 4 fully saturated rings. The average molecular weight is 279 g/mol. The molecule has 0 saturated heterocycles. The Morgan fingerprint density at radius 3 is 2.05 bits per heavy atom. The molecule has 0 spiro atoms. The van der Waals surface area contributed by atoms with E-state index in [9.17, 15) is 4.79 Å². The van der Waals surface area contributed by atoms with Crippen LogP contribution in [0.2, 0.25) is 0 Å². The lowest BCUT2D eigenvalue weighted by Gasteiger charge is -2.58. The normalized spacial score (nSPS) is 39.9. The van der Waals surface area contributed by atoms with Gasteiger partial charge in [0.2, 0.25) is 0 Å². The quantitative estimate of drug-likeness (QED) is 0.840. The van der Waals surface area contributed by atoms with E-state index in [1.54, 1.807) is 0 Å². The highest BCUT2D eigenvalue weighted by Crippen LogP contribution is 2.62. The number of alkyl carbamates (subject to hydrolysis) is 1. The Morgan fingerprint density at radius 1 is 1.15 bits per heavy atom. The van der Waals surface area contributed by atoms with E-state index in [1.165, 1.54) is 38.5 Å². The van der Waals surface area contributed by atoms with E-state index in [0.29, 0.717) is 5.41 Å². The van der Waals surface area contributed by atoms with Gasteiger partial charge in [0.25, 0.3) is 0 Å². The smallest absolute Gasteiger partial charge is 0.407 e. The van der Waals surface area contributed by atoms with Crippen molar-refractivity contribution < 1.29 is 9.53 Å². The highest BCUT2D eigenvalue weighted by atomic mass is 16.6. The highest BCUT2D eigenvalue weighted by molar-refractivity contribution is 5.67. The molecule has 4 bridgehead atoms. The summed E-state index contributed by atoms with van der Waals surface area (Å²) in [6, 6.07) is 0.149. The van der Waals surface area contributed by atoms with Gasteiger partial charge in [-0.2, -0.15) is 0 Å². The number of hydrogen-bond donors (Lipinski definition) is 1. The second-order valence-electron chi connectivity index (χ2n) is 7.88. The number of amides is 1. The van der Waals surface area contributed by atoms with Crippen molar-refractivity contribution in [3.63, 3.8) is 0 Å². The van der Waals surface area contributed by atoms with E-state index in [1.807, 2.05) is 13.8 Å². The van der Waals surface area contributed by atoms with Crippen molar-refractivity contribution in [1.82, 2.24) is 5.32 Å². The summed E-state index contributed by atoms with van der Waals surface area (Å²) in [5, 5.41) is 2.88. The van der Waals surface area contributed by atoms with E-state index in [-0.39, 0.29) is 18.2 Å². The molecule has 0 heterocycles. The molecule has 4 aliphatic carbocycles. The maximum absolute atomic E-state index is 12.0. The van der Waals surface area contributed by atoms with Crippen molar-refractivity contribution in [2.75, 3.05) is 0 Å². The van der Waals surface area contributed by atoms with Crippen LogP contribution in [0, 0.1) is 23.2 Å². The van der Waals surface area contributed by atoms with Crippen molar-refractivity contribution in [2.45, 2.75) is 77.9 Å². The first-order valence-electron chi connectivity index (χ1n) is 8.48. The van der Waals surface area contributed by atoms with Crippen LogP contribution in [0.4, 0.5) is 4.79 Å². The molecule has 1 amide bonds. The molecule has 0 aliphatic heterocycles. The van der Waals surface area contributed by atoms with E-state index >= 15 is 0 Å². The van der Waals surface area contributed by atoms with Crippen molar-refractivity contribution in [2.24, 2.45) is 23.2 Å². The van der Waals surface area contributed by atoms with Crippen LogP contribution in [-0.2, 0) is 4.74 Å². The van der Waals surface area contributed by atoms with Crippen LogP contribution in [0.25, 0.3) is 0 Å². The van der Waals surface area contributed by atoms with Gasteiger partial charge in [0.1, 0.15) is 6.10 Å². The Bertz CT molecular complexity index is 342. The van der Waals surface area contributed by atoms with E-state index < -0.39 is 0 Å². The third-order valence-corrected chi connectivity index (χ3v) is 5.80. The number of ether oxygens (including phenoxy) is 1. The van der Waals surface area contributed by atoms with Crippen molar-refractivity contribution >= 4 is 6.09 Å². The Morgan fingerprint density at radius 2 is 1.65 bits per heavy atom. The Hall–Kier alpha value is -0.730. The Balaban J connectivity index is 1.70. The van der Waals surface area contributed by atoms with Crippen LogP contribution in [0.1, 0.15) is 65.7 Å². The van der Waals surface area contributed by atoms with Crippen molar-refractivity contribution in [3.05, 3.63) is 0 Å². The van der Waals surface area contributed by atoms with Crippen LogP contribution in [0.3, 0.4) is 0 Å². The fourth-order valence-corrected chi connectivity index (χ4v) is 5.61. The maximum atomic E-state index is 12.0. The van der Waals surface area contributed by atoms with E-state index in [2.05, 4.69) is 12.2 Å². The fourth-order valence-electron chi connectivity index (χ4n) is 5.61. The second-order valence-corrected chi connectivity index (χ2v) is 7.88. The zero-order valence-corrected chi connectivity index (χ0v) is 13.2. The Kier molecular flexibility index (Phi) is 3.72. The summed E-state index contributed by atoms with van der Waals surface area (Å²) in [4.78, 5) is 12.0. The molecular formula is C17H29NO2. The SMILES string of the molecule is CCC(OC(=O)NC(C)C)C12CC3CC(CC(C3)C1)C2. The lowest BCUT2D eigenvalue weighted by atomic mass is 9.48. The summed E-state index contributed by atoms with van der Waals surface area (Å²) >= 11 is 0. The third-order valence-electron chi connectivity index (χ3n) is 5.80. The van der Waals surface area contributed by atoms with Crippen molar-refractivity contribution in [1.29, 1.82) is 0 Å². The monoisotopic (exact) mass is 279 g/mol.